The topological polar surface area (TPSA) is 32.5 Å². The van der Waals surface area contributed by atoms with Crippen molar-refractivity contribution in [3.63, 3.8) is 0 Å². The second-order valence-corrected chi connectivity index (χ2v) is 5.18. The molecule has 0 aromatic carbocycles. The van der Waals surface area contributed by atoms with E-state index in [9.17, 15) is 0 Å². The lowest BCUT2D eigenvalue weighted by molar-refractivity contribution is 0.0996. The lowest BCUT2D eigenvalue weighted by Gasteiger charge is -2.40. The smallest absolute Gasteiger partial charge is 0.0301 e. The third-order valence-corrected chi connectivity index (χ3v) is 4.23. The SMILES string of the molecule is CCN(CCN1CCCC1)C(C)(CC)CN. The molecule has 2 N–H and O–H groups in total. The van der Waals surface area contributed by atoms with Crippen molar-refractivity contribution in [2.24, 2.45) is 5.73 Å². The number of hydrogen-bond acceptors (Lipinski definition) is 3. The van der Waals surface area contributed by atoms with Gasteiger partial charge in [-0.25, -0.2) is 0 Å². The van der Waals surface area contributed by atoms with Gasteiger partial charge >= 0.3 is 0 Å². The van der Waals surface area contributed by atoms with Gasteiger partial charge in [-0.15, -0.1) is 0 Å². The van der Waals surface area contributed by atoms with Crippen LogP contribution >= 0.6 is 0 Å². The van der Waals surface area contributed by atoms with Gasteiger partial charge in [-0.1, -0.05) is 13.8 Å². The summed E-state index contributed by atoms with van der Waals surface area (Å²) in [7, 11) is 0. The Morgan fingerprint density at radius 3 is 2.31 bits per heavy atom. The monoisotopic (exact) mass is 227 g/mol. The van der Waals surface area contributed by atoms with E-state index in [1.54, 1.807) is 0 Å². The van der Waals surface area contributed by atoms with Gasteiger partial charge in [-0.2, -0.15) is 0 Å². The highest BCUT2D eigenvalue weighted by atomic mass is 15.2. The Morgan fingerprint density at radius 1 is 1.25 bits per heavy atom. The maximum absolute atomic E-state index is 5.92. The Morgan fingerprint density at radius 2 is 1.88 bits per heavy atom. The minimum atomic E-state index is 0.189. The largest absolute Gasteiger partial charge is 0.329 e. The van der Waals surface area contributed by atoms with E-state index < -0.39 is 0 Å². The zero-order valence-corrected chi connectivity index (χ0v) is 11.3. The third-order valence-electron chi connectivity index (χ3n) is 4.23. The molecule has 0 spiro atoms. The summed E-state index contributed by atoms with van der Waals surface area (Å²) in [6.45, 7) is 13.6. The predicted octanol–water partition coefficient (Wildman–Crippen LogP) is 1.53. The summed E-state index contributed by atoms with van der Waals surface area (Å²) in [5, 5.41) is 0. The molecule has 0 aliphatic carbocycles. The quantitative estimate of drug-likeness (QED) is 0.716. The van der Waals surface area contributed by atoms with Crippen LogP contribution in [0.5, 0.6) is 0 Å². The van der Waals surface area contributed by atoms with Gasteiger partial charge in [0, 0.05) is 25.2 Å². The van der Waals surface area contributed by atoms with Gasteiger partial charge in [0.1, 0.15) is 0 Å². The lowest BCUT2D eigenvalue weighted by Crippen LogP contribution is -2.53. The molecule has 1 fully saturated rings. The summed E-state index contributed by atoms with van der Waals surface area (Å²) in [6, 6.07) is 0. The molecule has 0 radical (unpaired) electrons. The Balaban J connectivity index is 2.40. The Labute approximate surface area is 101 Å². The highest BCUT2D eigenvalue weighted by Crippen LogP contribution is 2.18. The average Bonchev–Trinajstić information content (AvgIpc) is 2.82. The molecule has 0 amide bonds. The molecule has 0 bridgehead atoms. The second kappa shape index (κ2) is 6.58. The van der Waals surface area contributed by atoms with Crippen molar-refractivity contribution in [1.29, 1.82) is 0 Å². The first kappa shape index (κ1) is 13.9. The fourth-order valence-electron chi connectivity index (χ4n) is 2.58. The summed E-state index contributed by atoms with van der Waals surface area (Å²) in [5.74, 6) is 0. The van der Waals surface area contributed by atoms with Crippen molar-refractivity contribution in [2.45, 2.75) is 45.6 Å². The van der Waals surface area contributed by atoms with Gasteiger partial charge in [-0.3, -0.25) is 4.90 Å². The molecule has 1 rings (SSSR count). The minimum Gasteiger partial charge on any atom is -0.329 e. The first-order valence-corrected chi connectivity index (χ1v) is 6.83. The average molecular weight is 227 g/mol. The normalized spacial score (nSPS) is 21.6. The second-order valence-electron chi connectivity index (χ2n) is 5.18. The van der Waals surface area contributed by atoms with Crippen molar-refractivity contribution in [2.75, 3.05) is 39.3 Å². The molecule has 1 aliphatic heterocycles. The van der Waals surface area contributed by atoms with Crippen LogP contribution in [0.1, 0.15) is 40.0 Å². The number of likely N-dealkylation sites (tertiary alicyclic amines) is 1. The zero-order chi connectivity index (χ0) is 12.0. The maximum Gasteiger partial charge on any atom is 0.0301 e. The third kappa shape index (κ3) is 3.44. The Hall–Kier alpha value is -0.120. The van der Waals surface area contributed by atoms with Crippen molar-refractivity contribution in [1.82, 2.24) is 9.80 Å². The molecule has 1 heterocycles. The van der Waals surface area contributed by atoms with Crippen LogP contribution in [0.4, 0.5) is 0 Å². The molecule has 1 aliphatic rings. The molecule has 96 valence electrons. The molecule has 0 saturated carbocycles. The fourth-order valence-corrected chi connectivity index (χ4v) is 2.58. The molecule has 1 unspecified atom stereocenters. The summed E-state index contributed by atoms with van der Waals surface area (Å²) in [5.41, 5.74) is 6.11. The van der Waals surface area contributed by atoms with Crippen LogP contribution in [-0.4, -0.2) is 54.6 Å². The molecular weight excluding hydrogens is 198 g/mol. The molecule has 1 saturated heterocycles. The van der Waals surface area contributed by atoms with Crippen molar-refractivity contribution in [3.8, 4) is 0 Å². The minimum absolute atomic E-state index is 0.189. The highest BCUT2D eigenvalue weighted by Gasteiger charge is 2.27. The number of nitrogens with two attached hydrogens (primary N) is 1. The van der Waals surface area contributed by atoms with Gasteiger partial charge in [0.05, 0.1) is 0 Å². The van der Waals surface area contributed by atoms with E-state index in [1.165, 1.54) is 32.5 Å². The lowest BCUT2D eigenvalue weighted by atomic mass is 9.96. The van der Waals surface area contributed by atoms with E-state index in [4.69, 9.17) is 5.73 Å². The standard InChI is InChI=1S/C13H29N3/c1-4-13(3,12-14)16(5-2)11-10-15-8-6-7-9-15/h4-12,14H2,1-3H3. The van der Waals surface area contributed by atoms with Gasteiger partial charge < -0.3 is 10.6 Å². The summed E-state index contributed by atoms with van der Waals surface area (Å²) < 4.78 is 0. The number of rotatable bonds is 7. The van der Waals surface area contributed by atoms with Gasteiger partial charge in [0.2, 0.25) is 0 Å². The number of likely N-dealkylation sites (N-methyl/N-ethyl adjacent to an activating group) is 1. The van der Waals surface area contributed by atoms with E-state index >= 15 is 0 Å². The fraction of sp³-hybridized carbons (Fsp3) is 1.00. The maximum atomic E-state index is 5.92. The van der Waals surface area contributed by atoms with E-state index in [0.717, 1.165) is 26.1 Å². The first-order chi connectivity index (χ1) is 7.66. The van der Waals surface area contributed by atoms with Crippen LogP contribution in [0, 0.1) is 0 Å². The van der Waals surface area contributed by atoms with E-state index in [0.29, 0.717) is 0 Å². The van der Waals surface area contributed by atoms with Crippen LogP contribution in [0.3, 0.4) is 0 Å². The predicted molar refractivity (Wildman–Crippen MR) is 70.7 cm³/mol. The van der Waals surface area contributed by atoms with Crippen LogP contribution in [-0.2, 0) is 0 Å². The zero-order valence-electron chi connectivity index (χ0n) is 11.3. The summed E-state index contributed by atoms with van der Waals surface area (Å²) in [6.07, 6.45) is 3.90. The Bertz CT molecular complexity index is 184. The van der Waals surface area contributed by atoms with Crippen molar-refractivity contribution >= 4 is 0 Å². The Kier molecular flexibility index (Phi) is 5.73. The summed E-state index contributed by atoms with van der Waals surface area (Å²) in [4.78, 5) is 5.13. The molecule has 1 atom stereocenters. The van der Waals surface area contributed by atoms with E-state index in [1.807, 2.05) is 0 Å². The van der Waals surface area contributed by atoms with Crippen molar-refractivity contribution < 1.29 is 0 Å². The molecule has 0 aromatic rings. The van der Waals surface area contributed by atoms with Gasteiger partial charge in [0.25, 0.3) is 0 Å². The van der Waals surface area contributed by atoms with Crippen LogP contribution in [0.25, 0.3) is 0 Å². The van der Waals surface area contributed by atoms with Crippen LogP contribution in [0.2, 0.25) is 0 Å². The number of nitrogens with zero attached hydrogens (tertiary/aromatic N) is 2. The molecule has 0 aromatic heterocycles. The van der Waals surface area contributed by atoms with Gasteiger partial charge in [0.15, 0.2) is 0 Å². The first-order valence-electron chi connectivity index (χ1n) is 6.83. The van der Waals surface area contributed by atoms with Crippen LogP contribution in [0.15, 0.2) is 0 Å². The molecule has 3 heteroatoms. The molecule has 3 nitrogen and oxygen atoms in total. The highest BCUT2D eigenvalue weighted by molar-refractivity contribution is 4.86. The molecular formula is C13H29N3. The van der Waals surface area contributed by atoms with E-state index in [-0.39, 0.29) is 5.54 Å². The summed E-state index contributed by atoms with van der Waals surface area (Å²) >= 11 is 0. The van der Waals surface area contributed by atoms with Crippen LogP contribution < -0.4 is 5.73 Å². The van der Waals surface area contributed by atoms with E-state index in [2.05, 4.69) is 30.6 Å². The molecule has 16 heavy (non-hydrogen) atoms. The van der Waals surface area contributed by atoms with Gasteiger partial charge in [-0.05, 0) is 45.8 Å². The van der Waals surface area contributed by atoms with Crippen molar-refractivity contribution in [3.05, 3.63) is 0 Å². The number of hydrogen-bond donors (Lipinski definition) is 1.